The van der Waals surface area contributed by atoms with Gasteiger partial charge in [0.2, 0.25) is 0 Å². The standard InChI is InChI=1S/C24H34O11/c1-11-9-14(33-12(2)25)18(28)21(4)8-7-15(27)22(5,30)17(21)19(34-13(3)26)24(32)16(10-11)35-20(29)23(24,6)31/h7-8,10,14-19,27-28,30-32H,9H2,1-6H3/b11-10-/t14-,15-,16+,17-,18-,19?,21+,22-,23-,24+/m1/s1. The fourth-order valence-electron chi connectivity index (χ4n) is 5.75. The van der Waals surface area contributed by atoms with Crippen LogP contribution in [0.1, 0.15) is 48.0 Å². The van der Waals surface area contributed by atoms with Crippen LogP contribution in [-0.4, -0.2) is 90.8 Å². The first kappa shape index (κ1) is 27.3. The quantitative estimate of drug-likeness (QED) is 0.184. The highest BCUT2D eigenvalue weighted by atomic mass is 16.6. The Morgan fingerprint density at radius 1 is 1.06 bits per heavy atom. The number of hydrogen-bond acceptors (Lipinski definition) is 11. The van der Waals surface area contributed by atoms with E-state index in [-0.39, 0.29) is 6.42 Å². The molecule has 1 saturated heterocycles. The summed E-state index contributed by atoms with van der Waals surface area (Å²) in [6.45, 7) is 7.47. The molecule has 0 saturated carbocycles. The highest BCUT2D eigenvalue weighted by molar-refractivity contribution is 5.84. The summed E-state index contributed by atoms with van der Waals surface area (Å²) in [6, 6.07) is 0. The molecule has 11 heteroatoms. The topological polar surface area (TPSA) is 180 Å². The third-order valence-corrected chi connectivity index (χ3v) is 7.68. The molecule has 11 nitrogen and oxygen atoms in total. The van der Waals surface area contributed by atoms with Crippen molar-refractivity contribution in [3.8, 4) is 0 Å². The Balaban J connectivity index is 2.41. The molecular weight excluding hydrogens is 464 g/mol. The molecule has 0 spiro atoms. The summed E-state index contributed by atoms with van der Waals surface area (Å²) in [5.74, 6) is -4.35. The predicted molar refractivity (Wildman–Crippen MR) is 118 cm³/mol. The number of esters is 3. The number of carbonyl (C=O) groups is 3. The molecule has 0 aromatic rings. The smallest absolute Gasteiger partial charge is 0.341 e. The third-order valence-electron chi connectivity index (χ3n) is 7.68. The number of carbonyl (C=O) groups excluding carboxylic acids is 3. The lowest BCUT2D eigenvalue weighted by atomic mass is 9.54. The third kappa shape index (κ3) is 4.09. The van der Waals surface area contributed by atoms with E-state index < -0.39 is 76.6 Å². The fourth-order valence-corrected chi connectivity index (χ4v) is 5.75. The van der Waals surface area contributed by atoms with Gasteiger partial charge in [0.1, 0.15) is 24.4 Å². The zero-order chi connectivity index (χ0) is 26.7. The fraction of sp³-hybridized carbons (Fsp3) is 0.708. The lowest BCUT2D eigenvalue weighted by molar-refractivity contribution is -0.260. The number of aliphatic hydroxyl groups is 5. The van der Waals surface area contributed by atoms with Gasteiger partial charge in [-0.05, 0) is 26.8 Å². The van der Waals surface area contributed by atoms with Crippen LogP contribution in [0.5, 0.6) is 0 Å². The first-order chi connectivity index (χ1) is 15.9. The minimum absolute atomic E-state index is 0.0495. The van der Waals surface area contributed by atoms with Gasteiger partial charge in [0, 0.05) is 31.6 Å². The molecule has 35 heavy (non-hydrogen) atoms. The van der Waals surface area contributed by atoms with E-state index in [0.717, 1.165) is 20.8 Å². The summed E-state index contributed by atoms with van der Waals surface area (Å²) in [5.41, 5.74) is -8.63. The van der Waals surface area contributed by atoms with Crippen LogP contribution < -0.4 is 0 Å². The summed E-state index contributed by atoms with van der Waals surface area (Å²) in [7, 11) is 0. The van der Waals surface area contributed by atoms with E-state index in [1.165, 1.54) is 32.1 Å². The minimum Gasteiger partial charge on any atom is -0.459 e. The lowest BCUT2D eigenvalue weighted by Gasteiger charge is -2.57. The van der Waals surface area contributed by atoms with Gasteiger partial charge < -0.3 is 39.7 Å². The van der Waals surface area contributed by atoms with Crippen molar-refractivity contribution in [2.24, 2.45) is 11.3 Å². The Hall–Kier alpha value is -2.31. The van der Waals surface area contributed by atoms with Crippen molar-refractivity contribution in [1.29, 1.82) is 0 Å². The molecule has 0 radical (unpaired) electrons. The molecule has 1 heterocycles. The maximum atomic E-state index is 12.7. The van der Waals surface area contributed by atoms with Gasteiger partial charge >= 0.3 is 17.9 Å². The van der Waals surface area contributed by atoms with E-state index >= 15 is 0 Å². The van der Waals surface area contributed by atoms with Crippen LogP contribution in [0.3, 0.4) is 0 Å². The maximum Gasteiger partial charge on any atom is 0.341 e. The van der Waals surface area contributed by atoms with Gasteiger partial charge in [-0.3, -0.25) is 9.59 Å². The van der Waals surface area contributed by atoms with Crippen molar-refractivity contribution in [2.75, 3.05) is 0 Å². The Morgan fingerprint density at radius 3 is 2.17 bits per heavy atom. The molecule has 5 N–H and O–H groups in total. The lowest BCUT2D eigenvalue weighted by Crippen LogP contribution is -2.73. The first-order valence-corrected chi connectivity index (χ1v) is 11.4. The molecule has 0 amide bonds. The highest BCUT2D eigenvalue weighted by Gasteiger charge is 2.74. The van der Waals surface area contributed by atoms with Crippen molar-refractivity contribution in [3.05, 3.63) is 23.8 Å². The van der Waals surface area contributed by atoms with Crippen molar-refractivity contribution in [1.82, 2.24) is 0 Å². The number of rotatable bonds is 2. The van der Waals surface area contributed by atoms with Gasteiger partial charge in [-0.15, -0.1) is 0 Å². The number of hydrogen-bond donors (Lipinski definition) is 5. The Labute approximate surface area is 203 Å². The largest absolute Gasteiger partial charge is 0.459 e. The summed E-state index contributed by atoms with van der Waals surface area (Å²) >= 11 is 0. The summed E-state index contributed by atoms with van der Waals surface area (Å²) in [5, 5.41) is 57.0. The van der Waals surface area contributed by atoms with Crippen molar-refractivity contribution in [3.63, 3.8) is 0 Å². The molecule has 1 fully saturated rings. The summed E-state index contributed by atoms with van der Waals surface area (Å²) in [4.78, 5) is 36.8. The van der Waals surface area contributed by atoms with E-state index in [4.69, 9.17) is 14.2 Å². The van der Waals surface area contributed by atoms with Gasteiger partial charge in [0.25, 0.3) is 0 Å². The summed E-state index contributed by atoms with van der Waals surface area (Å²) in [6.07, 6.45) is -3.82. The molecule has 1 unspecified atom stereocenters. The zero-order valence-corrected chi connectivity index (χ0v) is 20.6. The molecule has 3 rings (SSSR count). The highest BCUT2D eigenvalue weighted by Crippen LogP contribution is 2.55. The average Bonchev–Trinajstić information content (AvgIpc) is 2.88. The average molecular weight is 499 g/mol. The van der Waals surface area contributed by atoms with Crippen LogP contribution in [0.15, 0.2) is 23.8 Å². The van der Waals surface area contributed by atoms with Gasteiger partial charge in [0.05, 0.1) is 5.60 Å². The summed E-state index contributed by atoms with van der Waals surface area (Å²) < 4.78 is 16.2. The predicted octanol–water partition coefficient (Wildman–Crippen LogP) is -0.728. The SMILES string of the molecule is CC(=O)OC1[C@H]2[C@](C)(O)[C@H](O)C=C[C@]2(C)[C@H](O)[C@H](OC(C)=O)C/C(C)=C\[C@@H]2OC(=O)[C@@](C)(O)[C@@]12O. The molecule has 196 valence electrons. The molecule has 1 aliphatic heterocycles. The zero-order valence-electron chi connectivity index (χ0n) is 20.6. The molecule has 0 aromatic carbocycles. The van der Waals surface area contributed by atoms with Crippen LogP contribution in [-0.2, 0) is 28.6 Å². The molecule has 3 aliphatic rings. The molecule has 2 aliphatic carbocycles. The van der Waals surface area contributed by atoms with Gasteiger partial charge in [-0.2, -0.15) is 0 Å². The number of aliphatic hydroxyl groups excluding tert-OH is 2. The van der Waals surface area contributed by atoms with Crippen molar-refractivity contribution in [2.45, 2.75) is 95.3 Å². The molecule has 10 atom stereocenters. The minimum atomic E-state index is -2.65. The Bertz CT molecular complexity index is 967. The van der Waals surface area contributed by atoms with Crippen LogP contribution in [0, 0.1) is 11.3 Å². The molecule has 0 aromatic heterocycles. The van der Waals surface area contributed by atoms with Crippen LogP contribution in [0.25, 0.3) is 0 Å². The van der Waals surface area contributed by atoms with Crippen LogP contribution >= 0.6 is 0 Å². The Kier molecular flexibility index (Phi) is 6.75. The van der Waals surface area contributed by atoms with Crippen molar-refractivity contribution < 1.29 is 54.1 Å². The number of fused-ring (bicyclic) bond motifs is 2. The molecular formula is C24H34O11. The first-order valence-electron chi connectivity index (χ1n) is 11.4. The van der Waals surface area contributed by atoms with Gasteiger partial charge in [-0.25, -0.2) is 4.79 Å². The van der Waals surface area contributed by atoms with E-state index in [1.807, 2.05) is 0 Å². The number of ether oxygens (including phenoxy) is 3. The van der Waals surface area contributed by atoms with Gasteiger partial charge in [0.15, 0.2) is 17.3 Å². The van der Waals surface area contributed by atoms with E-state index in [9.17, 15) is 39.9 Å². The molecule has 0 bridgehead atoms. The second-order valence-corrected chi connectivity index (χ2v) is 10.4. The normalized spacial score (nSPS) is 49.1. The monoisotopic (exact) mass is 498 g/mol. The van der Waals surface area contributed by atoms with E-state index in [0.29, 0.717) is 5.57 Å². The van der Waals surface area contributed by atoms with E-state index in [2.05, 4.69) is 0 Å². The second kappa shape index (κ2) is 8.67. The maximum absolute atomic E-state index is 12.7. The second-order valence-electron chi connectivity index (χ2n) is 10.4. The van der Waals surface area contributed by atoms with Crippen LogP contribution in [0.4, 0.5) is 0 Å². The van der Waals surface area contributed by atoms with Crippen LogP contribution in [0.2, 0.25) is 0 Å². The van der Waals surface area contributed by atoms with Crippen molar-refractivity contribution >= 4 is 17.9 Å². The van der Waals surface area contributed by atoms with Gasteiger partial charge in [-0.1, -0.05) is 24.6 Å². The van der Waals surface area contributed by atoms with E-state index in [1.54, 1.807) is 6.92 Å². The Morgan fingerprint density at radius 2 is 1.63 bits per heavy atom.